The molecule has 3 aromatic carbocycles. The van der Waals surface area contributed by atoms with Crippen LogP contribution in [0.15, 0.2) is 84.2 Å². The van der Waals surface area contributed by atoms with Gasteiger partial charge in [-0.05, 0) is 78.6 Å². The molecule has 8 heteroatoms. The average Bonchev–Trinajstić information content (AvgIpc) is 2.94. The van der Waals surface area contributed by atoms with Gasteiger partial charge in [-0.25, -0.2) is 4.98 Å². The van der Waals surface area contributed by atoms with E-state index in [2.05, 4.69) is 26.8 Å². The Bertz CT molecular complexity index is 1520. The highest BCUT2D eigenvalue weighted by Gasteiger charge is 2.11. The molecule has 0 aliphatic rings. The van der Waals surface area contributed by atoms with Gasteiger partial charge in [0.15, 0.2) is 0 Å². The van der Waals surface area contributed by atoms with Gasteiger partial charge in [0.1, 0.15) is 12.4 Å². The molecule has 1 aromatic heterocycles. The van der Waals surface area contributed by atoms with Crippen LogP contribution in [0.4, 0.5) is 23.1 Å². The Morgan fingerprint density at radius 1 is 0.974 bits per heavy atom. The third-order valence-corrected chi connectivity index (χ3v) is 5.58. The zero-order chi connectivity index (χ0) is 26.7. The van der Waals surface area contributed by atoms with Crippen LogP contribution in [0.5, 0.6) is 0 Å². The molecule has 2 N–H and O–H groups in total. The first kappa shape index (κ1) is 25.6. The van der Waals surface area contributed by atoms with Gasteiger partial charge in [-0.15, -0.1) is 0 Å². The SMILES string of the molecule is Cc1cc(/C=C/C#N)cc(C)c1Nc1nc(Nc2ccc(C#N)cc2)ncc1/C=N/OCc1ccccc1. The number of hydrogen-bond acceptors (Lipinski definition) is 8. The second-order valence-electron chi connectivity index (χ2n) is 8.42. The first-order valence-corrected chi connectivity index (χ1v) is 11.8. The van der Waals surface area contributed by atoms with Gasteiger partial charge in [0.05, 0.1) is 29.5 Å². The van der Waals surface area contributed by atoms with Crippen LogP contribution < -0.4 is 10.6 Å². The summed E-state index contributed by atoms with van der Waals surface area (Å²) in [5, 5.41) is 28.6. The summed E-state index contributed by atoms with van der Waals surface area (Å²) in [7, 11) is 0. The Labute approximate surface area is 221 Å². The lowest BCUT2D eigenvalue weighted by atomic mass is 10.0. The summed E-state index contributed by atoms with van der Waals surface area (Å²) in [6, 6.07) is 24.9. The van der Waals surface area contributed by atoms with Gasteiger partial charge < -0.3 is 15.5 Å². The number of benzene rings is 3. The Kier molecular flexibility index (Phi) is 8.41. The lowest BCUT2D eigenvalue weighted by Gasteiger charge is -2.16. The van der Waals surface area contributed by atoms with Gasteiger partial charge in [0.2, 0.25) is 5.95 Å². The molecule has 38 heavy (non-hydrogen) atoms. The quantitative estimate of drug-likeness (QED) is 0.152. The van der Waals surface area contributed by atoms with Crippen molar-refractivity contribution < 1.29 is 4.84 Å². The zero-order valence-corrected chi connectivity index (χ0v) is 21.0. The first-order chi connectivity index (χ1) is 18.6. The molecule has 0 saturated carbocycles. The van der Waals surface area contributed by atoms with Crippen LogP contribution >= 0.6 is 0 Å². The van der Waals surface area contributed by atoms with Crippen LogP contribution in [-0.2, 0) is 11.4 Å². The number of anilines is 4. The maximum atomic E-state index is 9.04. The van der Waals surface area contributed by atoms with E-state index in [1.807, 2.05) is 62.4 Å². The third-order valence-electron chi connectivity index (χ3n) is 5.58. The smallest absolute Gasteiger partial charge is 0.229 e. The average molecular weight is 500 g/mol. The fraction of sp³-hybridized carbons (Fsp3) is 0.100. The molecule has 0 unspecified atom stereocenters. The van der Waals surface area contributed by atoms with Crippen molar-refractivity contribution in [2.45, 2.75) is 20.5 Å². The van der Waals surface area contributed by atoms with E-state index in [1.54, 1.807) is 42.8 Å². The van der Waals surface area contributed by atoms with Crippen molar-refractivity contribution in [3.8, 4) is 12.1 Å². The summed E-state index contributed by atoms with van der Waals surface area (Å²) in [5.41, 5.74) is 6.78. The first-order valence-electron chi connectivity index (χ1n) is 11.8. The normalized spacial score (nSPS) is 10.7. The second-order valence-corrected chi connectivity index (χ2v) is 8.42. The molecule has 0 spiro atoms. The standard InChI is InChI=1S/C30H25N7O/c1-21-15-25(9-6-14-31)16-22(2)28(21)36-29-26(19-34-38-20-24-7-4-3-5-8-24)18-33-30(37-29)35-27-12-10-23(17-32)11-13-27/h3-13,15-16,18-19H,20H2,1-2H3,(H2,33,35,36,37)/b9-6+,34-19+. The Morgan fingerprint density at radius 3 is 2.39 bits per heavy atom. The monoisotopic (exact) mass is 499 g/mol. The van der Waals surface area contributed by atoms with E-state index in [-0.39, 0.29) is 0 Å². The minimum absolute atomic E-state index is 0.342. The van der Waals surface area contributed by atoms with Crippen LogP contribution in [0.25, 0.3) is 6.08 Å². The van der Waals surface area contributed by atoms with Gasteiger partial charge in [0, 0.05) is 23.6 Å². The molecule has 4 rings (SSSR count). The Balaban J connectivity index is 1.61. The number of nitrogens with zero attached hydrogens (tertiary/aromatic N) is 5. The highest BCUT2D eigenvalue weighted by Crippen LogP contribution is 2.28. The lowest BCUT2D eigenvalue weighted by molar-refractivity contribution is 0.132. The van der Waals surface area contributed by atoms with Crippen LogP contribution in [0, 0.1) is 36.5 Å². The lowest BCUT2D eigenvalue weighted by Crippen LogP contribution is -2.06. The van der Waals surface area contributed by atoms with Gasteiger partial charge >= 0.3 is 0 Å². The van der Waals surface area contributed by atoms with Crippen LogP contribution in [0.2, 0.25) is 0 Å². The third kappa shape index (κ3) is 6.81. The number of aromatic nitrogens is 2. The molecule has 0 radical (unpaired) electrons. The van der Waals surface area contributed by atoms with Gasteiger partial charge in [-0.1, -0.05) is 35.5 Å². The summed E-state index contributed by atoms with van der Waals surface area (Å²) in [5.74, 6) is 0.915. The van der Waals surface area contributed by atoms with E-state index in [4.69, 9.17) is 20.3 Å². The molecule has 0 aliphatic carbocycles. The zero-order valence-electron chi connectivity index (χ0n) is 21.0. The topological polar surface area (TPSA) is 119 Å². The molecule has 0 fully saturated rings. The van der Waals surface area contributed by atoms with Crippen molar-refractivity contribution in [2.75, 3.05) is 10.6 Å². The molecule has 186 valence electrons. The van der Waals surface area contributed by atoms with E-state index in [0.29, 0.717) is 29.5 Å². The molecule has 4 aromatic rings. The number of allylic oxidation sites excluding steroid dienone is 1. The van der Waals surface area contributed by atoms with Crippen molar-refractivity contribution in [3.05, 3.63) is 112 Å². The number of hydrogen-bond donors (Lipinski definition) is 2. The summed E-state index contributed by atoms with van der Waals surface area (Å²) >= 11 is 0. The fourth-order valence-corrected chi connectivity index (χ4v) is 3.73. The molecular formula is C30H25N7O. The minimum atomic E-state index is 0.342. The van der Waals surface area contributed by atoms with E-state index >= 15 is 0 Å². The summed E-state index contributed by atoms with van der Waals surface area (Å²) in [4.78, 5) is 14.6. The van der Waals surface area contributed by atoms with Crippen LogP contribution in [0.3, 0.4) is 0 Å². The molecule has 8 nitrogen and oxygen atoms in total. The molecular weight excluding hydrogens is 474 g/mol. The van der Waals surface area contributed by atoms with E-state index in [9.17, 15) is 0 Å². The molecule has 0 aliphatic heterocycles. The van der Waals surface area contributed by atoms with E-state index < -0.39 is 0 Å². The minimum Gasteiger partial charge on any atom is -0.391 e. The van der Waals surface area contributed by atoms with E-state index in [1.165, 1.54) is 6.08 Å². The van der Waals surface area contributed by atoms with Crippen molar-refractivity contribution in [1.29, 1.82) is 10.5 Å². The number of nitrogens with one attached hydrogen (secondary N) is 2. The van der Waals surface area contributed by atoms with Gasteiger partial charge in [0.25, 0.3) is 0 Å². The Hall–Kier alpha value is -5.47. The van der Waals surface area contributed by atoms with Gasteiger partial charge in [-0.2, -0.15) is 15.5 Å². The number of oxime groups is 1. The maximum absolute atomic E-state index is 9.04. The van der Waals surface area contributed by atoms with Crippen LogP contribution in [0.1, 0.15) is 33.4 Å². The number of rotatable bonds is 9. The molecule has 0 amide bonds. The number of aryl methyl sites for hydroxylation is 2. The van der Waals surface area contributed by atoms with Crippen LogP contribution in [-0.4, -0.2) is 16.2 Å². The molecule has 0 atom stereocenters. The fourth-order valence-electron chi connectivity index (χ4n) is 3.73. The highest BCUT2D eigenvalue weighted by atomic mass is 16.6. The largest absolute Gasteiger partial charge is 0.391 e. The van der Waals surface area contributed by atoms with Crippen molar-refractivity contribution in [1.82, 2.24) is 9.97 Å². The predicted octanol–water partition coefficient (Wildman–Crippen LogP) is 6.54. The maximum Gasteiger partial charge on any atom is 0.229 e. The van der Waals surface area contributed by atoms with Crippen molar-refractivity contribution in [2.24, 2.45) is 5.16 Å². The summed E-state index contributed by atoms with van der Waals surface area (Å²) < 4.78 is 0. The Morgan fingerprint density at radius 2 is 1.71 bits per heavy atom. The summed E-state index contributed by atoms with van der Waals surface area (Å²) in [6.07, 6.45) is 6.46. The highest BCUT2D eigenvalue weighted by molar-refractivity contribution is 5.88. The summed E-state index contributed by atoms with van der Waals surface area (Å²) in [6.45, 7) is 4.33. The molecule has 1 heterocycles. The molecule has 0 bridgehead atoms. The predicted molar refractivity (Wildman–Crippen MR) is 149 cm³/mol. The van der Waals surface area contributed by atoms with Crippen molar-refractivity contribution in [3.63, 3.8) is 0 Å². The second kappa shape index (κ2) is 12.5. The molecule has 0 saturated heterocycles. The number of nitriles is 2. The van der Waals surface area contributed by atoms with Crippen molar-refractivity contribution >= 4 is 35.4 Å². The van der Waals surface area contributed by atoms with E-state index in [0.717, 1.165) is 33.6 Å². The van der Waals surface area contributed by atoms with Gasteiger partial charge in [-0.3, -0.25) is 0 Å².